The Kier molecular flexibility index (Phi) is 4.63. The van der Waals surface area contributed by atoms with E-state index in [1.165, 1.54) is 13.4 Å². The van der Waals surface area contributed by atoms with E-state index in [0.717, 1.165) is 30.9 Å². The van der Waals surface area contributed by atoms with Gasteiger partial charge in [0.1, 0.15) is 12.2 Å². The molecule has 0 radical (unpaired) electrons. The highest BCUT2D eigenvalue weighted by Crippen LogP contribution is 2.05. The Morgan fingerprint density at radius 2 is 2.16 bits per heavy atom. The Labute approximate surface area is 111 Å². The van der Waals surface area contributed by atoms with Gasteiger partial charge in [0, 0.05) is 19.5 Å². The van der Waals surface area contributed by atoms with E-state index in [0.29, 0.717) is 5.56 Å². The lowest BCUT2D eigenvalue weighted by Crippen LogP contribution is -2.17. The number of aromatic amines is 1. The summed E-state index contributed by atoms with van der Waals surface area (Å²) in [6, 6.07) is 7.35. The van der Waals surface area contributed by atoms with Crippen LogP contribution in [0.3, 0.4) is 0 Å². The van der Waals surface area contributed by atoms with Crippen LogP contribution in [0.4, 0.5) is 0 Å². The Hall–Kier alpha value is -2.21. The first-order chi connectivity index (χ1) is 9.29. The van der Waals surface area contributed by atoms with Crippen molar-refractivity contribution in [2.45, 2.75) is 13.0 Å². The van der Waals surface area contributed by atoms with Crippen molar-refractivity contribution in [1.29, 1.82) is 0 Å². The molecule has 0 saturated heterocycles. The van der Waals surface area contributed by atoms with Gasteiger partial charge in [-0.15, -0.1) is 0 Å². The molecule has 0 spiro atoms. The summed E-state index contributed by atoms with van der Waals surface area (Å²) in [5.41, 5.74) is 1.68. The molecule has 0 atom stereocenters. The Bertz CT molecular complexity index is 508. The van der Waals surface area contributed by atoms with Crippen LogP contribution in [0.25, 0.3) is 0 Å². The molecule has 0 fully saturated rings. The van der Waals surface area contributed by atoms with Gasteiger partial charge >= 0.3 is 5.97 Å². The van der Waals surface area contributed by atoms with Gasteiger partial charge in [-0.05, 0) is 17.7 Å². The van der Waals surface area contributed by atoms with E-state index in [1.54, 1.807) is 12.1 Å². The zero-order valence-corrected chi connectivity index (χ0v) is 10.7. The number of aromatic nitrogens is 3. The van der Waals surface area contributed by atoms with Crippen molar-refractivity contribution in [3.05, 3.63) is 47.5 Å². The molecule has 2 rings (SSSR count). The fourth-order valence-electron chi connectivity index (χ4n) is 1.67. The number of methoxy groups -OCH3 is 1. The minimum absolute atomic E-state index is 0.315. The van der Waals surface area contributed by atoms with Crippen LogP contribution in [0.5, 0.6) is 0 Å². The third kappa shape index (κ3) is 3.89. The highest BCUT2D eigenvalue weighted by molar-refractivity contribution is 5.89. The lowest BCUT2D eigenvalue weighted by Gasteiger charge is -2.05. The quantitative estimate of drug-likeness (QED) is 0.596. The van der Waals surface area contributed by atoms with Crippen molar-refractivity contribution in [2.75, 3.05) is 13.7 Å². The molecule has 100 valence electrons. The average Bonchev–Trinajstić information content (AvgIpc) is 2.96. The number of benzene rings is 1. The van der Waals surface area contributed by atoms with Crippen LogP contribution < -0.4 is 5.32 Å². The minimum Gasteiger partial charge on any atom is -0.465 e. The van der Waals surface area contributed by atoms with E-state index in [9.17, 15) is 4.79 Å². The first-order valence-electron chi connectivity index (χ1n) is 6.02. The molecule has 0 aliphatic heterocycles. The molecule has 0 amide bonds. The molecule has 1 aromatic heterocycles. The number of H-pyrrole nitrogens is 1. The summed E-state index contributed by atoms with van der Waals surface area (Å²) in [6.07, 6.45) is 2.31. The lowest BCUT2D eigenvalue weighted by atomic mass is 10.1. The van der Waals surface area contributed by atoms with Crippen molar-refractivity contribution in [1.82, 2.24) is 20.5 Å². The number of esters is 1. The highest BCUT2D eigenvalue weighted by Gasteiger charge is 2.04. The number of ether oxygens (including phenoxy) is 1. The summed E-state index contributed by atoms with van der Waals surface area (Å²) < 4.78 is 4.65. The monoisotopic (exact) mass is 260 g/mol. The lowest BCUT2D eigenvalue weighted by molar-refractivity contribution is 0.0600. The largest absolute Gasteiger partial charge is 0.465 e. The Balaban J connectivity index is 1.75. The predicted molar refractivity (Wildman–Crippen MR) is 69.6 cm³/mol. The zero-order chi connectivity index (χ0) is 13.5. The first-order valence-corrected chi connectivity index (χ1v) is 6.02. The van der Waals surface area contributed by atoms with Crippen LogP contribution in [-0.4, -0.2) is 34.8 Å². The summed E-state index contributed by atoms with van der Waals surface area (Å²) in [5.74, 6) is 0.554. The Morgan fingerprint density at radius 3 is 2.79 bits per heavy atom. The van der Waals surface area contributed by atoms with Gasteiger partial charge in [0.05, 0.1) is 12.7 Å². The minimum atomic E-state index is -0.315. The molecule has 0 saturated carbocycles. The first kappa shape index (κ1) is 13.2. The van der Waals surface area contributed by atoms with Crippen LogP contribution in [0.1, 0.15) is 21.7 Å². The maximum Gasteiger partial charge on any atom is 0.337 e. The van der Waals surface area contributed by atoms with E-state index >= 15 is 0 Å². The number of hydrogen-bond donors (Lipinski definition) is 2. The molecule has 19 heavy (non-hydrogen) atoms. The van der Waals surface area contributed by atoms with Crippen molar-refractivity contribution in [3.63, 3.8) is 0 Å². The predicted octanol–water partition coefficient (Wildman–Crippen LogP) is 0.924. The molecular weight excluding hydrogens is 244 g/mol. The summed E-state index contributed by atoms with van der Waals surface area (Å²) in [7, 11) is 1.38. The molecule has 2 aromatic rings. The molecule has 1 aromatic carbocycles. The number of rotatable bonds is 6. The van der Waals surface area contributed by atoms with E-state index < -0.39 is 0 Å². The van der Waals surface area contributed by atoms with Gasteiger partial charge in [0.15, 0.2) is 0 Å². The second-order valence-electron chi connectivity index (χ2n) is 4.05. The van der Waals surface area contributed by atoms with E-state index in [4.69, 9.17) is 0 Å². The normalized spacial score (nSPS) is 10.4. The van der Waals surface area contributed by atoms with Gasteiger partial charge in [-0.3, -0.25) is 5.10 Å². The van der Waals surface area contributed by atoms with Crippen LogP contribution in [0.15, 0.2) is 30.6 Å². The van der Waals surface area contributed by atoms with Gasteiger partial charge in [0.25, 0.3) is 0 Å². The van der Waals surface area contributed by atoms with Gasteiger partial charge < -0.3 is 10.1 Å². The molecule has 6 heteroatoms. The van der Waals surface area contributed by atoms with Gasteiger partial charge in [-0.1, -0.05) is 12.1 Å². The van der Waals surface area contributed by atoms with Gasteiger partial charge in [-0.25, -0.2) is 9.78 Å². The van der Waals surface area contributed by atoms with Crippen molar-refractivity contribution >= 4 is 5.97 Å². The van der Waals surface area contributed by atoms with Crippen molar-refractivity contribution in [2.24, 2.45) is 0 Å². The summed E-state index contributed by atoms with van der Waals surface area (Å²) in [4.78, 5) is 15.3. The number of hydrogen-bond acceptors (Lipinski definition) is 5. The summed E-state index contributed by atoms with van der Waals surface area (Å²) in [5, 5.41) is 9.89. The van der Waals surface area contributed by atoms with E-state index in [2.05, 4.69) is 25.2 Å². The van der Waals surface area contributed by atoms with Crippen LogP contribution >= 0.6 is 0 Å². The number of nitrogens with zero attached hydrogens (tertiary/aromatic N) is 2. The van der Waals surface area contributed by atoms with Crippen molar-refractivity contribution in [3.8, 4) is 0 Å². The topological polar surface area (TPSA) is 79.9 Å². The molecule has 0 aliphatic carbocycles. The maximum absolute atomic E-state index is 11.3. The Morgan fingerprint density at radius 1 is 1.37 bits per heavy atom. The average molecular weight is 260 g/mol. The van der Waals surface area contributed by atoms with Crippen molar-refractivity contribution < 1.29 is 9.53 Å². The number of carbonyl (C=O) groups excluding carboxylic acids is 1. The van der Waals surface area contributed by atoms with E-state index in [-0.39, 0.29) is 5.97 Å². The zero-order valence-electron chi connectivity index (χ0n) is 10.7. The molecule has 0 unspecified atom stereocenters. The highest BCUT2D eigenvalue weighted by atomic mass is 16.5. The molecular formula is C13H16N4O2. The van der Waals surface area contributed by atoms with Gasteiger partial charge in [0.2, 0.25) is 0 Å². The summed E-state index contributed by atoms with van der Waals surface area (Å²) in [6.45, 7) is 1.56. The maximum atomic E-state index is 11.3. The second-order valence-corrected chi connectivity index (χ2v) is 4.05. The smallest absolute Gasteiger partial charge is 0.337 e. The van der Waals surface area contributed by atoms with Crippen LogP contribution in [0, 0.1) is 0 Å². The van der Waals surface area contributed by atoms with Gasteiger partial charge in [-0.2, -0.15) is 5.10 Å². The van der Waals surface area contributed by atoms with Crippen LogP contribution in [0.2, 0.25) is 0 Å². The fraction of sp³-hybridized carbons (Fsp3) is 0.308. The molecule has 1 heterocycles. The molecule has 0 bridgehead atoms. The standard InChI is InChI=1S/C13H16N4O2/c1-19-13(18)11-4-2-10(3-5-11)8-14-7-6-12-15-9-16-17-12/h2-5,9,14H,6-8H2,1H3,(H,15,16,17). The number of nitrogens with one attached hydrogen (secondary N) is 2. The van der Waals surface area contributed by atoms with Crippen LogP contribution in [-0.2, 0) is 17.7 Å². The third-order valence-electron chi connectivity index (χ3n) is 2.71. The number of carbonyl (C=O) groups is 1. The second kappa shape index (κ2) is 6.65. The SMILES string of the molecule is COC(=O)c1ccc(CNCCc2ncn[nH]2)cc1. The third-order valence-corrected chi connectivity index (χ3v) is 2.71. The fourth-order valence-corrected chi connectivity index (χ4v) is 1.67. The molecule has 0 aliphatic rings. The molecule has 2 N–H and O–H groups in total. The summed E-state index contributed by atoms with van der Waals surface area (Å²) >= 11 is 0. The molecule has 6 nitrogen and oxygen atoms in total. The van der Waals surface area contributed by atoms with E-state index in [1.807, 2.05) is 12.1 Å².